The number of piperidine rings is 1. The third-order valence-electron chi connectivity index (χ3n) is 4.04. The summed E-state index contributed by atoms with van der Waals surface area (Å²) in [5.41, 5.74) is 1.67. The Hall–Kier alpha value is -1.33. The molecule has 0 bridgehead atoms. The van der Waals surface area contributed by atoms with Gasteiger partial charge in [0.05, 0.1) is 12.1 Å². The third kappa shape index (κ3) is 3.66. The summed E-state index contributed by atoms with van der Waals surface area (Å²) in [6, 6.07) is 7.84. The number of nitrogens with one attached hydrogen (secondary N) is 1. The summed E-state index contributed by atoms with van der Waals surface area (Å²) in [4.78, 5) is 14.5. The van der Waals surface area contributed by atoms with E-state index in [-0.39, 0.29) is 5.56 Å². The molecular formula is C16H20BrN3O. The highest BCUT2D eigenvalue weighted by Crippen LogP contribution is 2.18. The topological polar surface area (TPSA) is 41.0 Å². The van der Waals surface area contributed by atoms with Crippen LogP contribution in [0.25, 0.3) is 11.1 Å². The summed E-state index contributed by atoms with van der Waals surface area (Å²) < 4.78 is 2.93. The maximum Gasteiger partial charge on any atom is 0.271 e. The second-order valence-corrected chi connectivity index (χ2v) is 6.50. The molecule has 3 rings (SSSR count). The summed E-state index contributed by atoms with van der Waals surface area (Å²) in [6.45, 7) is 4.21. The van der Waals surface area contributed by atoms with Gasteiger partial charge in [-0.15, -0.1) is 0 Å². The van der Waals surface area contributed by atoms with Crippen LogP contribution in [0.5, 0.6) is 0 Å². The zero-order valence-electron chi connectivity index (χ0n) is 12.0. The standard InChI is InChI=1S/C16H20BrN3O/c17-14-6-4-13(5-7-14)15-12-20(18-16(15)21)11-10-19-8-2-1-3-9-19/h4-7,12H,1-3,8-11H2,(H,18,21). The Morgan fingerprint density at radius 2 is 1.76 bits per heavy atom. The van der Waals surface area contributed by atoms with Gasteiger partial charge in [-0.1, -0.05) is 34.5 Å². The second-order valence-electron chi connectivity index (χ2n) is 5.59. The maximum absolute atomic E-state index is 12.1. The summed E-state index contributed by atoms with van der Waals surface area (Å²) in [5, 5.41) is 2.92. The van der Waals surface area contributed by atoms with E-state index in [2.05, 4.69) is 25.9 Å². The van der Waals surface area contributed by atoms with E-state index in [1.807, 2.05) is 35.1 Å². The Kier molecular flexibility index (Phi) is 4.60. The number of aromatic amines is 1. The monoisotopic (exact) mass is 349 g/mol. The molecule has 2 aromatic rings. The van der Waals surface area contributed by atoms with Gasteiger partial charge in [0.15, 0.2) is 0 Å². The Labute approximate surface area is 132 Å². The molecule has 1 aliphatic rings. The van der Waals surface area contributed by atoms with Crippen LogP contribution in [0.3, 0.4) is 0 Å². The van der Waals surface area contributed by atoms with E-state index < -0.39 is 0 Å². The van der Waals surface area contributed by atoms with E-state index in [1.165, 1.54) is 32.4 Å². The van der Waals surface area contributed by atoms with Gasteiger partial charge >= 0.3 is 0 Å². The van der Waals surface area contributed by atoms with Crippen LogP contribution in [-0.4, -0.2) is 34.3 Å². The fraction of sp³-hybridized carbons (Fsp3) is 0.438. The number of hydrogen-bond donors (Lipinski definition) is 1. The van der Waals surface area contributed by atoms with Crippen molar-refractivity contribution in [2.24, 2.45) is 0 Å². The number of likely N-dealkylation sites (tertiary alicyclic amines) is 1. The number of rotatable bonds is 4. The molecule has 0 amide bonds. The van der Waals surface area contributed by atoms with Crippen LogP contribution in [0.2, 0.25) is 0 Å². The fourth-order valence-electron chi connectivity index (χ4n) is 2.83. The molecule has 0 saturated carbocycles. The van der Waals surface area contributed by atoms with Crippen LogP contribution in [0, 0.1) is 0 Å². The molecule has 4 nitrogen and oxygen atoms in total. The highest BCUT2D eigenvalue weighted by Gasteiger charge is 2.11. The molecule has 0 unspecified atom stereocenters. The lowest BCUT2D eigenvalue weighted by atomic mass is 10.1. The molecule has 1 aliphatic heterocycles. The predicted octanol–water partition coefficient (Wildman–Crippen LogP) is 3.09. The Bertz CT molecular complexity index is 638. The third-order valence-corrected chi connectivity index (χ3v) is 4.56. The van der Waals surface area contributed by atoms with Crippen LogP contribution >= 0.6 is 15.9 Å². The Balaban J connectivity index is 1.69. The van der Waals surface area contributed by atoms with E-state index >= 15 is 0 Å². The van der Waals surface area contributed by atoms with Gasteiger partial charge < -0.3 is 4.90 Å². The van der Waals surface area contributed by atoms with Gasteiger partial charge in [-0.05, 0) is 43.6 Å². The van der Waals surface area contributed by atoms with Crippen molar-refractivity contribution >= 4 is 15.9 Å². The smallest absolute Gasteiger partial charge is 0.271 e. The Morgan fingerprint density at radius 1 is 1.05 bits per heavy atom. The first-order valence-corrected chi connectivity index (χ1v) is 8.29. The van der Waals surface area contributed by atoms with E-state index in [0.29, 0.717) is 0 Å². The van der Waals surface area contributed by atoms with E-state index in [0.717, 1.165) is 28.7 Å². The molecular weight excluding hydrogens is 330 g/mol. The second kappa shape index (κ2) is 6.62. The van der Waals surface area contributed by atoms with Crippen molar-refractivity contribution in [2.75, 3.05) is 19.6 Å². The molecule has 0 spiro atoms. The number of benzene rings is 1. The van der Waals surface area contributed by atoms with E-state index in [4.69, 9.17) is 0 Å². The zero-order valence-corrected chi connectivity index (χ0v) is 13.6. The van der Waals surface area contributed by atoms with Crippen LogP contribution in [0.15, 0.2) is 39.7 Å². The molecule has 2 heterocycles. The lowest BCUT2D eigenvalue weighted by molar-refractivity contribution is 0.218. The van der Waals surface area contributed by atoms with E-state index in [9.17, 15) is 4.79 Å². The van der Waals surface area contributed by atoms with Crippen molar-refractivity contribution in [3.05, 3.63) is 45.3 Å². The van der Waals surface area contributed by atoms with Gasteiger partial charge in [0.25, 0.3) is 5.56 Å². The lowest BCUT2D eigenvalue weighted by Crippen LogP contribution is -2.32. The van der Waals surface area contributed by atoms with Crippen LogP contribution < -0.4 is 5.56 Å². The molecule has 1 aromatic heterocycles. The minimum atomic E-state index is -0.0176. The zero-order chi connectivity index (χ0) is 14.7. The van der Waals surface area contributed by atoms with Crippen molar-refractivity contribution in [1.29, 1.82) is 0 Å². The average molecular weight is 350 g/mol. The van der Waals surface area contributed by atoms with Gasteiger partial charge in [-0.2, -0.15) is 0 Å². The molecule has 0 radical (unpaired) electrons. The lowest BCUT2D eigenvalue weighted by Gasteiger charge is -2.26. The number of halogens is 1. The van der Waals surface area contributed by atoms with Gasteiger partial charge in [-0.3, -0.25) is 14.6 Å². The maximum atomic E-state index is 12.1. The largest absolute Gasteiger partial charge is 0.302 e. The number of H-pyrrole nitrogens is 1. The summed E-state index contributed by atoms with van der Waals surface area (Å²) in [6.07, 6.45) is 5.87. The number of hydrogen-bond acceptors (Lipinski definition) is 2. The van der Waals surface area contributed by atoms with Crippen LogP contribution in [0.1, 0.15) is 19.3 Å². The van der Waals surface area contributed by atoms with Crippen molar-refractivity contribution in [2.45, 2.75) is 25.8 Å². The predicted molar refractivity (Wildman–Crippen MR) is 88.5 cm³/mol. The number of aromatic nitrogens is 2. The number of nitrogens with zero attached hydrogens (tertiary/aromatic N) is 2. The molecule has 0 atom stereocenters. The van der Waals surface area contributed by atoms with Crippen LogP contribution in [0.4, 0.5) is 0 Å². The molecule has 5 heteroatoms. The summed E-state index contributed by atoms with van der Waals surface area (Å²) in [7, 11) is 0. The van der Waals surface area contributed by atoms with Crippen molar-refractivity contribution in [3.8, 4) is 11.1 Å². The normalized spacial score (nSPS) is 16.2. The highest BCUT2D eigenvalue weighted by atomic mass is 79.9. The molecule has 112 valence electrons. The molecule has 1 N–H and O–H groups in total. The first-order valence-electron chi connectivity index (χ1n) is 7.50. The quantitative estimate of drug-likeness (QED) is 0.921. The SMILES string of the molecule is O=c1[nH]n(CCN2CCCCC2)cc1-c1ccc(Br)cc1. The molecule has 1 saturated heterocycles. The van der Waals surface area contributed by atoms with Crippen molar-refractivity contribution < 1.29 is 0 Å². The van der Waals surface area contributed by atoms with Crippen molar-refractivity contribution in [1.82, 2.24) is 14.7 Å². The van der Waals surface area contributed by atoms with E-state index in [1.54, 1.807) is 0 Å². The molecule has 21 heavy (non-hydrogen) atoms. The summed E-state index contributed by atoms with van der Waals surface area (Å²) in [5.74, 6) is 0. The van der Waals surface area contributed by atoms with Crippen LogP contribution in [-0.2, 0) is 6.54 Å². The first-order chi connectivity index (χ1) is 10.2. The molecule has 1 fully saturated rings. The average Bonchev–Trinajstić information content (AvgIpc) is 2.88. The van der Waals surface area contributed by atoms with Gasteiger partial charge in [-0.25, -0.2) is 0 Å². The molecule has 1 aromatic carbocycles. The Morgan fingerprint density at radius 3 is 2.48 bits per heavy atom. The highest BCUT2D eigenvalue weighted by molar-refractivity contribution is 9.10. The minimum Gasteiger partial charge on any atom is -0.302 e. The first kappa shape index (κ1) is 14.6. The fourth-order valence-corrected chi connectivity index (χ4v) is 3.09. The summed E-state index contributed by atoms with van der Waals surface area (Å²) >= 11 is 3.41. The molecule has 0 aliphatic carbocycles. The van der Waals surface area contributed by atoms with Gasteiger partial charge in [0.2, 0.25) is 0 Å². The van der Waals surface area contributed by atoms with Gasteiger partial charge in [0.1, 0.15) is 0 Å². The van der Waals surface area contributed by atoms with Crippen molar-refractivity contribution in [3.63, 3.8) is 0 Å². The minimum absolute atomic E-state index is 0.0176. The van der Waals surface area contributed by atoms with Gasteiger partial charge in [0, 0.05) is 17.2 Å².